The van der Waals surface area contributed by atoms with Crippen molar-refractivity contribution >= 4 is 5.69 Å². The molecule has 0 aliphatic carbocycles. The zero-order valence-electron chi connectivity index (χ0n) is 10.7. The van der Waals surface area contributed by atoms with Gasteiger partial charge in [0.25, 0.3) is 0 Å². The lowest BCUT2D eigenvalue weighted by Crippen LogP contribution is -2.29. The van der Waals surface area contributed by atoms with Crippen LogP contribution in [0.25, 0.3) is 0 Å². The van der Waals surface area contributed by atoms with E-state index in [-0.39, 0.29) is 11.5 Å². The van der Waals surface area contributed by atoms with Gasteiger partial charge in [-0.3, -0.25) is 4.90 Å². The highest BCUT2D eigenvalue weighted by Gasteiger charge is 2.12. The molecule has 2 rings (SSSR count). The lowest BCUT2D eigenvalue weighted by molar-refractivity contribution is 0.210. The van der Waals surface area contributed by atoms with Gasteiger partial charge in [-0.15, -0.1) is 0 Å². The molecule has 1 aliphatic heterocycles. The summed E-state index contributed by atoms with van der Waals surface area (Å²) in [6, 6.07) is 5.03. The van der Waals surface area contributed by atoms with E-state index >= 15 is 0 Å². The maximum absolute atomic E-state index is 13.3. The first-order valence-electron chi connectivity index (χ1n) is 6.12. The van der Waals surface area contributed by atoms with E-state index in [1.807, 2.05) is 6.07 Å². The van der Waals surface area contributed by atoms with Crippen molar-refractivity contribution in [2.75, 3.05) is 32.5 Å². The van der Waals surface area contributed by atoms with Crippen LogP contribution in [0.2, 0.25) is 0 Å². The zero-order chi connectivity index (χ0) is 13.0. The van der Waals surface area contributed by atoms with Gasteiger partial charge < -0.3 is 10.5 Å². The first-order valence-corrected chi connectivity index (χ1v) is 6.12. The molecule has 0 spiro atoms. The fourth-order valence-corrected chi connectivity index (χ4v) is 2.14. The number of nitrogens with two attached hydrogens (primary N) is 1. The number of ether oxygens (including phenoxy) is 1. The number of anilines is 1. The second-order valence-corrected chi connectivity index (χ2v) is 4.64. The molecule has 0 unspecified atom stereocenters. The van der Waals surface area contributed by atoms with Gasteiger partial charge in [0.15, 0.2) is 0 Å². The average molecular weight is 250 g/mol. The molecule has 0 bridgehead atoms. The standard InChI is InChI=1S/C14H19FN2O/c1-18-10-11-4-6-17(7-5-11)9-12-2-3-14(16)13(15)8-12/h2-4,8H,5-7,9-10,16H2,1H3. The Kier molecular flexibility index (Phi) is 4.33. The van der Waals surface area contributed by atoms with Crippen LogP contribution >= 0.6 is 0 Å². The Hall–Kier alpha value is -1.39. The van der Waals surface area contributed by atoms with Gasteiger partial charge in [0, 0.05) is 26.7 Å². The number of benzene rings is 1. The van der Waals surface area contributed by atoms with E-state index in [0.29, 0.717) is 6.61 Å². The predicted molar refractivity (Wildman–Crippen MR) is 70.7 cm³/mol. The van der Waals surface area contributed by atoms with Gasteiger partial charge in [-0.2, -0.15) is 0 Å². The molecular weight excluding hydrogens is 231 g/mol. The third kappa shape index (κ3) is 3.31. The Morgan fingerprint density at radius 1 is 1.44 bits per heavy atom. The Labute approximate surface area is 107 Å². The maximum atomic E-state index is 13.3. The second kappa shape index (κ2) is 5.98. The molecule has 18 heavy (non-hydrogen) atoms. The topological polar surface area (TPSA) is 38.5 Å². The number of halogens is 1. The Morgan fingerprint density at radius 3 is 2.89 bits per heavy atom. The minimum Gasteiger partial charge on any atom is -0.396 e. The molecule has 3 nitrogen and oxygen atoms in total. The summed E-state index contributed by atoms with van der Waals surface area (Å²) in [4.78, 5) is 2.28. The molecule has 1 aliphatic rings. The number of hydrogen-bond donors (Lipinski definition) is 1. The first kappa shape index (κ1) is 13.1. The van der Waals surface area contributed by atoms with Crippen molar-refractivity contribution in [1.82, 2.24) is 4.90 Å². The van der Waals surface area contributed by atoms with Crippen molar-refractivity contribution in [3.8, 4) is 0 Å². The molecule has 0 saturated heterocycles. The molecule has 4 heteroatoms. The summed E-state index contributed by atoms with van der Waals surface area (Å²) in [5, 5.41) is 0. The van der Waals surface area contributed by atoms with Gasteiger partial charge in [-0.05, 0) is 29.7 Å². The van der Waals surface area contributed by atoms with Crippen molar-refractivity contribution in [3.05, 3.63) is 41.2 Å². The fourth-order valence-electron chi connectivity index (χ4n) is 2.14. The van der Waals surface area contributed by atoms with Gasteiger partial charge in [0.05, 0.1) is 12.3 Å². The van der Waals surface area contributed by atoms with Crippen molar-refractivity contribution in [2.45, 2.75) is 13.0 Å². The quantitative estimate of drug-likeness (QED) is 0.657. The van der Waals surface area contributed by atoms with Crippen LogP contribution in [0.4, 0.5) is 10.1 Å². The molecule has 0 aromatic heterocycles. The van der Waals surface area contributed by atoms with Crippen LogP contribution in [0.15, 0.2) is 29.8 Å². The number of rotatable bonds is 4. The van der Waals surface area contributed by atoms with E-state index in [2.05, 4.69) is 11.0 Å². The van der Waals surface area contributed by atoms with Crippen LogP contribution in [0.1, 0.15) is 12.0 Å². The maximum Gasteiger partial charge on any atom is 0.146 e. The molecule has 98 valence electrons. The normalized spacial score (nSPS) is 16.7. The summed E-state index contributed by atoms with van der Waals surface area (Å²) in [6.07, 6.45) is 3.21. The van der Waals surface area contributed by atoms with Gasteiger partial charge in [0.2, 0.25) is 0 Å². The van der Waals surface area contributed by atoms with Crippen LogP contribution in [-0.4, -0.2) is 31.7 Å². The first-order chi connectivity index (χ1) is 8.69. The number of nitrogens with zero attached hydrogens (tertiary/aromatic N) is 1. The van der Waals surface area contributed by atoms with Gasteiger partial charge in [-0.1, -0.05) is 12.1 Å². The van der Waals surface area contributed by atoms with Crippen molar-refractivity contribution in [2.24, 2.45) is 0 Å². The van der Waals surface area contributed by atoms with Gasteiger partial charge >= 0.3 is 0 Å². The fraction of sp³-hybridized carbons (Fsp3) is 0.429. The molecule has 0 atom stereocenters. The third-order valence-corrected chi connectivity index (χ3v) is 3.19. The van der Waals surface area contributed by atoms with E-state index in [0.717, 1.165) is 31.6 Å². The largest absolute Gasteiger partial charge is 0.396 e. The number of methoxy groups -OCH3 is 1. The van der Waals surface area contributed by atoms with Crippen molar-refractivity contribution < 1.29 is 9.13 Å². The SMILES string of the molecule is COCC1=CCN(Cc2ccc(N)c(F)c2)CC1. The third-order valence-electron chi connectivity index (χ3n) is 3.19. The number of hydrogen-bond acceptors (Lipinski definition) is 3. The Balaban J connectivity index is 1.93. The Bertz CT molecular complexity index is 445. The van der Waals surface area contributed by atoms with E-state index in [1.54, 1.807) is 13.2 Å². The van der Waals surface area contributed by atoms with E-state index in [4.69, 9.17) is 10.5 Å². The van der Waals surface area contributed by atoms with Crippen LogP contribution in [0.5, 0.6) is 0 Å². The summed E-state index contributed by atoms with van der Waals surface area (Å²) < 4.78 is 18.4. The molecule has 1 heterocycles. The predicted octanol–water partition coefficient (Wildman–Crippen LogP) is 2.19. The Morgan fingerprint density at radius 2 is 2.28 bits per heavy atom. The van der Waals surface area contributed by atoms with Crippen LogP contribution in [0.3, 0.4) is 0 Å². The molecule has 2 N–H and O–H groups in total. The van der Waals surface area contributed by atoms with Gasteiger partial charge in [0.1, 0.15) is 5.82 Å². The summed E-state index contributed by atoms with van der Waals surface area (Å²) in [5.74, 6) is -0.333. The summed E-state index contributed by atoms with van der Waals surface area (Å²) >= 11 is 0. The lowest BCUT2D eigenvalue weighted by atomic mass is 10.1. The number of nitrogen functional groups attached to an aromatic ring is 1. The molecular formula is C14H19FN2O. The smallest absolute Gasteiger partial charge is 0.146 e. The van der Waals surface area contributed by atoms with Crippen molar-refractivity contribution in [3.63, 3.8) is 0 Å². The van der Waals surface area contributed by atoms with Gasteiger partial charge in [-0.25, -0.2) is 4.39 Å². The zero-order valence-corrected chi connectivity index (χ0v) is 10.7. The molecule has 0 saturated carbocycles. The highest BCUT2D eigenvalue weighted by Crippen LogP contribution is 2.17. The molecule has 1 aromatic carbocycles. The van der Waals surface area contributed by atoms with E-state index in [9.17, 15) is 4.39 Å². The van der Waals surface area contributed by atoms with E-state index < -0.39 is 0 Å². The van der Waals surface area contributed by atoms with Crippen LogP contribution in [0, 0.1) is 5.82 Å². The van der Waals surface area contributed by atoms with Crippen LogP contribution < -0.4 is 5.73 Å². The van der Waals surface area contributed by atoms with Crippen molar-refractivity contribution in [1.29, 1.82) is 0 Å². The monoisotopic (exact) mass is 250 g/mol. The summed E-state index contributed by atoms with van der Waals surface area (Å²) in [6.45, 7) is 3.35. The highest BCUT2D eigenvalue weighted by atomic mass is 19.1. The molecule has 1 aromatic rings. The minimum absolute atomic E-state index is 0.208. The van der Waals surface area contributed by atoms with Crippen LogP contribution in [-0.2, 0) is 11.3 Å². The lowest BCUT2D eigenvalue weighted by Gasteiger charge is -2.26. The molecule has 0 radical (unpaired) electrons. The summed E-state index contributed by atoms with van der Waals surface area (Å²) in [5.41, 5.74) is 7.98. The molecule has 0 fully saturated rings. The average Bonchev–Trinajstić information content (AvgIpc) is 2.37. The van der Waals surface area contributed by atoms with E-state index in [1.165, 1.54) is 11.6 Å². The minimum atomic E-state index is -0.333. The molecule has 0 amide bonds. The summed E-state index contributed by atoms with van der Waals surface area (Å²) in [7, 11) is 1.71. The highest BCUT2D eigenvalue weighted by molar-refractivity contribution is 5.41. The second-order valence-electron chi connectivity index (χ2n) is 4.64.